The molecular formula is C20H22N4O2. The first-order valence-electron chi connectivity index (χ1n) is 8.50. The van der Waals surface area contributed by atoms with Gasteiger partial charge in [0.15, 0.2) is 0 Å². The summed E-state index contributed by atoms with van der Waals surface area (Å²) in [7, 11) is 0. The minimum absolute atomic E-state index is 0.0391. The standard InChI is InChI=1S/C20H22N4O2/c1-13-10-14(2)23-20(26)16(13)8-9-18-17(19(21)25)11-22-24(18)12-15-6-4-3-5-7-15/h3-7,10-11H,8-9,12H2,1-2H3,(H2,21,25)(H,23,26). The predicted molar refractivity (Wildman–Crippen MR) is 99.1 cm³/mol. The molecule has 0 unspecified atom stereocenters. The van der Waals surface area contributed by atoms with E-state index in [0.29, 0.717) is 24.9 Å². The Hall–Kier alpha value is -3.15. The molecule has 6 nitrogen and oxygen atoms in total. The molecule has 0 radical (unpaired) electrons. The molecule has 0 atom stereocenters. The second kappa shape index (κ2) is 7.39. The molecule has 1 aromatic carbocycles. The third-order valence-electron chi connectivity index (χ3n) is 4.45. The summed E-state index contributed by atoms with van der Waals surface area (Å²) in [6, 6.07) is 11.8. The zero-order valence-corrected chi connectivity index (χ0v) is 14.9. The summed E-state index contributed by atoms with van der Waals surface area (Å²) in [5.41, 5.74) is 10.3. The van der Waals surface area contributed by atoms with Gasteiger partial charge in [-0.05, 0) is 43.9 Å². The number of nitrogens with zero attached hydrogens (tertiary/aromatic N) is 3. The fraction of sp³-hybridized carbons (Fsp3) is 0.250. The first-order chi connectivity index (χ1) is 12.5. The van der Waals surface area contributed by atoms with Gasteiger partial charge >= 0.3 is 0 Å². The van der Waals surface area contributed by atoms with E-state index in [-0.39, 0.29) is 5.88 Å². The molecule has 3 N–H and O–H groups in total. The Labute approximate surface area is 152 Å². The second-order valence-corrected chi connectivity index (χ2v) is 6.40. The van der Waals surface area contributed by atoms with Crippen molar-refractivity contribution in [1.29, 1.82) is 0 Å². The number of rotatable bonds is 6. The molecule has 2 heterocycles. The van der Waals surface area contributed by atoms with Crippen LogP contribution in [0.1, 0.15) is 38.4 Å². The lowest BCUT2D eigenvalue weighted by atomic mass is 10.0. The summed E-state index contributed by atoms with van der Waals surface area (Å²) < 4.78 is 1.80. The van der Waals surface area contributed by atoms with E-state index in [4.69, 9.17) is 5.73 Å². The van der Waals surface area contributed by atoms with Crippen LogP contribution in [-0.4, -0.2) is 25.8 Å². The van der Waals surface area contributed by atoms with Crippen LogP contribution < -0.4 is 5.73 Å². The van der Waals surface area contributed by atoms with Gasteiger partial charge in [-0.25, -0.2) is 4.98 Å². The first-order valence-corrected chi connectivity index (χ1v) is 8.50. The minimum atomic E-state index is -0.498. The van der Waals surface area contributed by atoms with Crippen LogP contribution in [0.15, 0.2) is 42.6 Å². The average Bonchev–Trinajstić information content (AvgIpc) is 2.98. The number of benzene rings is 1. The van der Waals surface area contributed by atoms with E-state index < -0.39 is 5.91 Å². The topological polar surface area (TPSA) is 94.0 Å². The number of hydrogen-bond donors (Lipinski definition) is 2. The molecule has 0 saturated heterocycles. The number of pyridine rings is 1. The van der Waals surface area contributed by atoms with Crippen LogP contribution in [0, 0.1) is 13.8 Å². The number of aryl methyl sites for hydroxylation is 2. The minimum Gasteiger partial charge on any atom is -0.493 e. The molecule has 2 aromatic heterocycles. The van der Waals surface area contributed by atoms with Gasteiger partial charge < -0.3 is 10.8 Å². The molecule has 1 amide bonds. The van der Waals surface area contributed by atoms with Gasteiger partial charge in [-0.3, -0.25) is 9.48 Å². The number of aromatic nitrogens is 3. The fourth-order valence-corrected chi connectivity index (χ4v) is 3.17. The van der Waals surface area contributed by atoms with Gasteiger partial charge in [0.25, 0.3) is 5.91 Å². The SMILES string of the molecule is Cc1cc(C)c(CCc2c(C(N)=O)cnn2Cc2ccccc2)c(O)n1. The number of carbonyl (C=O) groups is 1. The first kappa shape index (κ1) is 17.7. The van der Waals surface area contributed by atoms with Crippen molar-refractivity contribution in [2.24, 2.45) is 5.73 Å². The predicted octanol–water partition coefficient (Wildman–Crippen LogP) is 2.53. The average molecular weight is 350 g/mol. The number of carbonyl (C=O) groups excluding carboxylic acids is 1. The van der Waals surface area contributed by atoms with E-state index in [1.165, 1.54) is 6.20 Å². The maximum atomic E-state index is 11.8. The smallest absolute Gasteiger partial charge is 0.252 e. The van der Waals surface area contributed by atoms with Crippen molar-refractivity contribution in [3.8, 4) is 5.88 Å². The largest absolute Gasteiger partial charge is 0.493 e. The monoisotopic (exact) mass is 350 g/mol. The van der Waals surface area contributed by atoms with Crippen LogP contribution in [0.2, 0.25) is 0 Å². The zero-order chi connectivity index (χ0) is 18.7. The number of amides is 1. The van der Waals surface area contributed by atoms with Crippen molar-refractivity contribution in [3.63, 3.8) is 0 Å². The normalized spacial score (nSPS) is 10.8. The van der Waals surface area contributed by atoms with Gasteiger partial charge in [0.2, 0.25) is 5.88 Å². The Morgan fingerprint density at radius 3 is 2.58 bits per heavy atom. The molecule has 3 rings (SSSR count). The highest BCUT2D eigenvalue weighted by atomic mass is 16.3. The van der Waals surface area contributed by atoms with Gasteiger partial charge in [-0.2, -0.15) is 5.10 Å². The highest BCUT2D eigenvalue weighted by Gasteiger charge is 2.17. The molecule has 134 valence electrons. The lowest BCUT2D eigenvalue weighted by Crippen LogP contribution is -2.16. The highest BCUT2D eigenvalue weighted by Crippen LogP contribution is 2.22. The number of hydrogen-bond acceptors (Lipinski definition) is 4. The van der Waals surface area contributed by atoms with E-state index in [9.17, 15) is 9.90 Å². The molecular weight excluding hydrogens is 328 g/mol. The van der Waals surface area contributed by atoms with Crippen LogP contribution in [0.4, 0.5) is 0 Å². The Morgan fingerprint density at radius 1 is 1.19 bits per heavy atom. The summed E-state index contributed by atoms with van der Waals surface area (Å²) in [6.07, 6.45) is 2.59. The van der Waals surface area contributed by atoms with E-state index in [1.807, 2.05) is 50.2 Å². The van der Waals surface area contributed by atoms with Crippen LogP contribution in [-0.2, 0) is 19.4 Å². The van der Waals surface area contributed by atoms with Gasteiger partial charge in [0, 0.05) is 11.3 Å². The lowest BCUT2D eigenvalue weighted by molar-refractivity contribution is 0.0999. The third-order valence-corrected chi connectivity index (χ3v) is 4.45. The summed E-state index contributed by atoms with van der Waals surface area (Å²) >= 11 is 0. The van der Waals surface area contributed by atoms with Crippen molar-refractivity contribution >= 4 is 5.91 Å². The molecule has 3 aromatic rings. The van der Waals surface area contributed by atoms with Crippen molar-refractivity contribution < 1.29 is 9.90 Å². The van der Waals surface area contributed by atoms with Gasteiger partial charge in [-0.15, -0.1) is 0 Å². The van der Waals surface area contributed by atoms with E-state index in [0.717, 1.165) is 28.1 Å². The summed E-state index contributed by atoms with van der Waals surface area (Å²) in [6.45, 7) is 4.34. The summed E-state index contributed by atoms with van der Waals surface area (Å²) in [4.78, 5) is 15.9. The Balaban J connectivity index is 1.89. The molecule has 26 heavy (non-hydrogen) atoms. The van der Waals surface area contributed by atoms with E-state index in [1.54, 1.807) is 4.68 Å². The van der Waals surface area contributed by atoms with Gasteiger partial charge in [0.05, 0.1) is 24.0 Å². The van der Waals surface area contributed by atoms with Gasteiger partial charge in [0.1, 0.15) is 0 Å². The highest BCUT2D eigenvalue weighted by molar-refractivity contribution is 5.93. The molecule has 0 fully saturated rings. The maximum absolute atomic E-state index is 11.8. The maximum Gasteiger partial charge on any atom is 0.252 e. The third kappa shape index (κ3) is 3.74. The Morgan fingerprint density at radius 2 is 1.92 bits per heavy atom. The number of nitrogens with two attached hydrogens (primary N) is 1. The number of aromatic hydroxyl groups is 1. The fourth-order valence-electron chi connectivity index (χ4n) is 3.17. The van der Waals surface area contributed by atoms with E-state index in [2.05, 4.69) is 10.1 Å². The summed E-state index contributed by atoms with van der Waals surface area (Å²) in [5, 5.41) is 14.5. The van der Waals surface area contributed by atoms with Crippen LogP contribution in [0.25, 0.3) is 0 Å². The Kier molecular flexibility index (Phi) is 5.02. The van der Waals surface area contributed by atoms with Gasteiger partial charge in [-0.1, -0.05) is 30.3 Å². The molecule has 0 aliphatic heterocycles. The molecule has 6 heteroatoms. The van der Waals surface area contributed by atoms with Crippen molar-refractivity contribution in [2.45, 2.75) is 33.2 Å². The second-order valence-electron chi connectivity index (χ2n) is 6.40. The van der Waals surface area contributed by atoms with Crippen molar-refractivity contribution in [3.05, 3.63) is 76.2 Å². The van der Waals surface area contributed by atoms with Crippen LogP contribution in [0.3, 0.4) is 0 Å². The number of primary amides is 1. The molecule has 0 bridgehead atoms. The van der Waals surface area contributed by atoms with E-state index >= 15 is 0 Å². The van der Waals surface area contributed by atoms with Crippen molar-refractivity contribution in [1.82, 2.24) is 14.8 Å². The molecule has 0 aliphatic carbocycles. The zero-order valence-electron chi connectivity index (χ0n) is 14.9. The molecule has 0 spiro atoms. The summed E-state index contributed by atoms with van der Waals surface area (Å²) in [5.74, 6) is -0.459. The Bertz CT molecular complexity index is 909. The molecule has 0 aliphatic rings. The van der Waals surface area contributed by atoms with Crippen LogP contribution in [0.5, 0.6) is 5.88 Å². The van der Waals surface area contributed by atoms with Crippen molar-refractivity contribution in [2.75, 3.05) is 0 Å². The lowest BCUT2D eigenvalue weighted by Gasteiger charge is -2.12. The van der Waals surface area contributed by atoms with Crippen LogP contribution >= 0.6 is 0 Å². The quantitative estimate of drug-likeness (QED) is 0.714. The molecule has 0 saturated carbocycles.